The molecule has 4 nitrogen and oxygen atoms in total. The Hall–Kier alpha value is -1.39. The third-order valence-corrected chi connectivity index (χ3v) is 3.30. The summed E-state index contributed by atoms with van der Waals surface area (Å²) in [6.45, 7) is 6.65. The molecule has 1 aromatic rings. The number of hydrogen-bond acceptors (Lipinski definition) is 3. The van der Waals surface area contributed by atoms with Crippen LogP contribution in [-0.2, 0) is 4.79 Å². The van der Waals surface area contributed by atoms with E-state index in [1.54, 1.807) is 0 Å². The van der Waals surface area contributed by atoms with Crippen LogP contribution in [0.5, 0.6) is 0 Å². The van der Waals surface area contributed by atoms with Crippen molar-refractivity contribution in [2.24, 2.45) is 0 Å². The van der Waals surface area contributed by atoms with Gasteiger partial charge in [-0.25, -0.2) is 0 Å². The first kappa shape index (κ1) is 16.7. The van der Waals surface area contributed by atoms with Gasteiger partial charge < -0.3 is 10.4 Å². The molecule has 1 rings (SSSR count). The highest BCUT2D eigenvalue weighted by atomic mass is 16.3. The number of benzene rings is 1. The Labute approximate surface area is 121 Å². The van der Waals surface area contributed by atoms with Crippen LogP contribution in [0.4, 0.5) is 0 Å². The van der Waals surface area contributed by atoms with Crippen LogP contribution in [-0.4, -0.2) is 48.7 Å². The van der Waals surface area contributed by atoms with E-state index in [-0.39, 0.29) is 12.5 Å². The predicted molar refractivity (Wildman–Crippen MR) is 81.7 cm³/mol. The normalized spacial score (nSPS) is 12.4. The van der Waals surface area contributed by atoms with Gasteiger partial charge in [-0.3, -0.25) is 9.69 Å². The van der Waals surface area contributed by atoms with E-state index in [0.29, 0.717) is 25.6 Å². The zero-order chi connectivity index (χ0) is 14.8. The number of carbonyl (C=O) groups excluding carboxylic acids is 1. The van der Waals surface area contributed by atoms with Crippen molar-refractivity contribution in [2.75, 3.05) is 32.8 Å². The molecule has 1 atom stereocenters. The highest BCUT2D eigenvalue weighted by Crippen LogP contribution is 2.12. The predicted octanol–water partition coefficient (Wildman–Crippen LogP) is 1.61. The summed E-state index contributed by atoms with van der Waals surface area (Å²) in [5, 5.41) is 11.9. The molecule has 0 saturated heterocycles. The summed E-state index contributed by atoms with van der Waals surface area (Å²) < 4.78 is 0. The minimum atomic E-state index is 0.0229. The number of aliphatic hydroxyl groups is 1. The molecule has 0 aliphatic carbocycles. The highest BCUT2D eigenvalue weighted by Gasteiger charge is 2.11. The fourth-order valence-electron chi connectivity index (χ4n) is 2.15. The molecule has 20 heavy (non-hydrogen) atoms. The van der Waals surface area contributed by atoms with Crippen LogP contribution in [0.3, 0.4) is 0 Å². The van der Waals surface area contributed by atoms with Gasteiger partial charge in [-0.05, 0) is 24.4 Å². The molecule has 112 valence electrons. The molecule has 0 heterocycles. The van der Waals surface area contributed by atoms with Crippen LogP contribution in [0.2, 0.25) is 0 Å². The first-order chi connectivity index (χ1) is 9.67. The van der Waals surface area contributed by atoms with E-state index in [0.717, 1.165) is 13.0 Å². The van der Waals surface area contributed by atoms with Crippen molar-refractivity contribution in [3.63, 3.8) is 0 Å². The maximum Gasteiger partial charge on any atom is 0.234 e. The molecule has 0 saturated carbocycles. The van der Waals surface area contributed by atoms with Crippen molar-refractivity contribution in [3.05, 3.63) is 35.9 Å². The minimum Gasteiger partial charge on any atom is -0.395 e. The van der Waals surface area contributed by atoms with E-state index < -0.39 is 0 Å². The number of carbonyl (C=O) groups is 1. The van der Waals surface area contributed by atoms with E-state index in [1.165, 1.54) is 5.56 Å². The third-order valence-electron chi connectivity index (χ3n) is 3.30. The van der Waals surface area contributed by atoms with Gasteiger partial charge in [0.15, 0.2) is 0 Å². The molecule has 0 spiro atoms. The van der Waals surface area contributed by atoms with Crippen molar-refractivity contribution in [3.8, 4) is 0 Å². The zero-order valence-corrected chi connectivity index (χ0v) is 12.5. The molecule has 0 radical (unpaired) electrons. The maximum atomic E-state index is 11.9. The molecule has 2 N–H and O–H groups in total. The van der Waals surface area contributed by atoms with Gasteiger partial charge in [0.1, 0.15) is 0 Å². The first-order valence-corrected chi connectivity index (χ1v) is 7.32. The topological polar surface area (TPSA) is 52.6 Å². The Morgan fingerprint density at radius 3 is 2.60 bits per heavy atom. The van der Waals surface area contributed by atoms with Crippen LogP contribution in [0, 0.1) is 0 Å². The number of nitrogens with zero attached hydrogens (tertiary/aromatic N) is 1. The van der Waals surface area contributed by atoms with Gasteiger partial charge in [-0.1, -0.05) is 44.2 Å². The van der Waals surface area contributed by atoms with Crippen molar-refractivity contribution in [2.45, 2.75) is 26.2 Å². The highest BCUT2D eigenvalue weighted by molar-refractivity contribution is 5.78. The summed E-state index contributed by atoms with van der Waals surface area (Å²) in [4.78, 5) is 13.9. The van der Waals surface area contributed by atoms with Gasteiger partial charge in [0.2, 0.25) is 5.91 Å². The van der Waals surface area contributed by atoms with Crippen LogP contribution >= 0.6 is 0 Å². The van der Waals surface area contributed by atoms with Crippen molar-refractivity contribution in [1.82, 2.24) is 10.2 Å². The monoisotopic (exact) mass is 278 g/mol. The fraction of sp³-hybridized carbons (Fsp3) is 0.562. The molecule has 0 aliphatic heterocycles. The fourth-order valence-corrected chi connectivity index (χ4v) is 2.15. The zero-order valence-electron chi connectivity index (χ0n) is 12.5. The maximum absolute atomic E-state index is 11.9. The summed E-state index contributed by atoms with van der Waals surface area (Å²) in [7, 11) is 0. The van der Waals surface area contributed by atoms with Gasteiger partial charge in [0, 0.05) is 13.1 Å². The SMILES string of the molecule is CCCN(CCO)CC(=O)NCC(C)c1ccccc1. The first-order valence-electron chi connectivity index (χ1n) is 7.32. The second-order valence-electron chi connectivity index (χ2n) is 5.12. The number of rotatable bonds is 9. The number of aliphatic hydroxyl groups excluding tert-OH is 1. The largest absolute Gasteiger partial charge is 0.395 e. The van der Waals surface area contributed by atoms with E-state index in [2.05, 4.69) is 31.3 Å². The quantitative estimate of drug-likeness (QED) is 0.721. The minimum absolute atomic E-state index is 0.0229. The second kappa shape index (κ2) is 9.50. The number of nitrogens with one attached hydrogen (secondary N) is 1. The lowest BCUT2D eigenvalue weighted by atomic mass is 10.0. The van der Waals surface area contributed by atoms with Crippen LogP contribution in [0.15, 0.2) is 30.3 Å². The lowest BCUT2D eigenvalue weighted by Crippen LogP contribution is -2.40. The summed E-state index contributed by atoms with van der Waals surface area (Å²) in [6.07, 6.45) is 0.980. The standard InChI is InChI=1S/C16H26N2O2/c1-3-9-18(10-11-19)13-16(20)17-12-14(2)15-7-5-4-6-8-15/h4-8,14,19H,3,9-13H2,1-2H3,(H,17,20). The van der Waals surface area contributed by atoms with Gasteiger partial charge in [0.25, 0.3) is 0 Å². The Bertz CT molecular complexity index is 375. The molecular weight excluding hydrogens is 252 g/mol. The van der Waals surface area contributed by atoms with Crippen molar-refractivity contribution >= 4 is 5.91 Å². The van der Waals surface area contributed by atoms with E-state index >= 15 is 0 Å². The Morgan fingerprint density at radius 2 is 2.00 bits per heavy atom. The van der Waals surface area contributed by atoms with Gasteiger partial charge >= 0.3 is 0 Å². The molecule has 0 fully saturated rings. The molecule has 0 aliphatic rings. The van der Waals surface area contributed by atoms with Crippen LogP contribution < -0.4 is 5.32 Å². The summed E-state index contributed by atoms with van der Waals surface area (Å²) >= 11 is 0. The Balaban J connectivity index is 2.35. The Morgan fingerprint density at radius 1 is 1.30 bits per heavy atom. The molecule has 0 bridgehead atoms. The van der Waals surface area contributed by atoms with E-state index in [9.17, 15) is 4.79 Å². The number of amides is 1. The number of hydrogen-bond donors (Lipinski definition) is 2. The summed E-state index contributed by atoms with van der Waals surface area (Å²) in [5.41, 5.74) is 1.23. The lowest BCUT2D eigenvalue weighted by Gasteiger charge is -2.20. The molecule has 4 heteroatoms. The summed E-state index contributed by atoms with van der Waals surface area (Å²) in [5.74, 6) is 0.326. The lowest BCUT2D eigenvalue weighted by molar-refractivity contribution is -0.122. The molecule has 1 unspecified atom stereocenters. The van der Waals surface area contributed by atoms with Gasteiger partial charge in [-0.15, -0.1) is 0 Å². The van der Waals surface area contributed by atoms with Crippen LogP contribution in [0.25, 0.3) is 0 Å². The van der Waals surface area contributed by atoms with Crippen molar-refractivity contribution < 1.29 is 9.90 Å². The average Bonchev–Trinajstić information content (AvgIpc) is 2.46. The summed E-state index contributed by atoms with van der Waals surface area (Å²) in [6, 6.07) is 10.2. The van der Waals surface area contributed by atoms with E-state index in [1.807, 2.05) is 23.1 Å². The average molecular weight is 278 g/mol. The van der Waals surface area contributed by atoms with Gasteiger partial charge in [0.05, 0.1) is 13.2 Å². The van der Waals surface area contributed by atoms with Crippen molar-refractivity contribution in [1.29, 1.82) is 0 Å². The smallest absolute Gasteiger partial charge is 0.234 e. The van der Waals surface area contributed by atoms with Crippen LogP contribution in [0.1, 0.15) is 31.7 Å². The third kappa shape index (κ3) is 6.17. The Kier molecular flexibility index (Phi) is 7.92. The molecule has 0 aromatic heterocycles. The molecule has 1 amide bonds. The second-order valence-corrected chi connectivity index (χ2v) is 5.12. The molecular formula is C16H26N2O2. The van der Waals surface area contributed by atoms with Gasteiger partial charge in [-0.2, -0.15) is 0 Å². The van der Waals surface area contributed by atoms with E-state index in [4.69, 9.17) is 5.11 Å². The molecule has 1 aromatic carbocycles.